The Bertz CT molecular complexity index is 550. The maximum Gasteiger partial charge on any atom is -0.00955 e. The van der Waals surface area contributed by atoms with Gasteiger partial charge in [0, 0.05) is 0 Å². The van der Waals surface area contributed by atoms with Crippen molar-refractivity contribution in [2.45, 2.75) is 45.7 Å². The zero-order valence-corrected chi connectivity index (χ0v) is 15.5. The van der Waals surface area contributed by atoms with Gasteiger partial charge in [-0.15, -0.1) is 0 Å². The van der Waals surface area contributed by atoms with Gasteiger partial charge in [-0.3, -0.25) is 0 Å². The second kappa shape index (κ2) is 7.63. The second-order valence-corrected chi connectivity index (χ2v) is 9.77. The van der Waals surface area contributed by atoms with Crippen LogP contribution in [0.2, 0.25) is 0 Å². The number of hydrogen-bond acceptors (Lipinski definition) is 0. The Morgan fingerprint density at radius 1 is 0.826 bits per heavy atom. The first-order valence-corrected chi connectivity index (χ1v) is 10.5. The molecule has 3 unspecified atom stereocenters. The first kappa shape index (κ1) is 16.7. The third-order valence-corrected chi connectivity index (χ3v) is 8.41. The standard InChI is InChI=1S/C22H29P/c1-17(2)22-18(3)11-10-16-21(22)23(19-12-6-4-7-13-19)20-14-8-5-9-15-20/h4-9,12-15,17-18,21-22H,10-11,16H2,1-3H3. The SMILES string of the molecule is CC(C)C1C(C)CCCC1P(c1ccccc1)c1ccccc1. The van der Waals surface area contributed by atoms with E-state index in [2.05, 4.69) is 81.4 Å². The summed E-state index contributed by atoms with van der Waals surface area (Å²) in [5.74, 6) is 2.47. The maximum atomic E-state index is 2.49. The molecule has 1 aliphatic carbocycles. The summed E-state index contributed by atoms with van der Waals surface area (Å²) in [4.78, 5) is 0. The van der Waals surface area contributed by atoms with Crippen LogP contribution in [0.25, 0.3) is 0 Å². The first-order valence-electron chi connectivity index (χ1n) is 9.08. The lowest BCUT2D eigenvalue weighted by Gasteiger charge is -2.43. The summed E-state index contributed by atoms with van der Waals surface area (Å²) in [6.45, 7) is 7.35. The van der Waals surface area contributed by atoms with Crippen molar-refractivity contribution < 1.29 is 0 Å². The van der Waals surface area contributed by atoms with Gasteiger partial charge < -0.3 is 0 Å². The van der Waals surface area contributed by atoms with Gasteiger partial charge in [-0.2, -0.15) is 0 Å². The van der Waals surface area contributed by atoms with Gasteiger partial charge in [-0.25, -0.2) is 0 Å². The van der Waals surface area contributed by atoms with Crippen molar-refractivity contribution in [3.63, 3.8) is 0 Å². The van der Waals surface area contributed by atoms with Crippen molar-refractivity contribution in [3.8, 4) is 0 Å². The van der Waals surface area contributed by atoms with E-state index >= 15 is 0 Å². The minimum atomic E-state index is -0.267. The van der Waals surface area contributed by atoms with Crippen LogP contribution >= 0.6 is 7.92 Å². The molecule has 2 aromatic rings. The smallest absolute Gasteiger partial charge is 0.00955 e. The van der Waals surface area contributed by atoms with Crippen LogP contribution in [0.15, 0.2) is 60.7 Å². The quantitative estimate of drug-likeness (QED) is 0.644. The summed E-state index contributed by atoms with van der Waals surface area (Å²) < 4.78 is 0. The summed E-state index contributed by atoms with van der Waals surface area (Å²) in [6, 6.07) is 22.6. The molecule has 3 atom stereocenters. The topological polar surface area (TPSA) is 0 Å². The molecule has 1 heteroatoms. The fourth-order valence-electron chi connectivity index (χ4n) is 4.52. The first-order chi connectivity index (χ1) is 11.2. The Hall–Kier alpha value is -1.13. The number of hydrogen-bond donors (Lipinski definition) is 0. The molecule has 1 fully saturated rings. The maximum absolute atomic E-state index is 2.49. The molecule has 3 rings (SSSR count). The van der Waals surface area contributed by atoms with Crippen LogP contribution in [0.3, 0.4) is 0 Å². The van der Waals surface area contributed by atoms with Crippen LogP contribution in [0.4, 0.5) is 0 Å². The van der Waals surface area contributed by atoms with Crippen LogP contribution < -0.4 is 10.6 Å². The monoisotopic (exact) mass is 324 g/mol. The molecule has 2 aromatic carbocycles. The van der Waals surface area contributed by atoms with E-state index in [4.69, 9.17) is 0 Å². The highest BCUT2D eigenvalue weighted by atomic mass is 31.1. The van der Waals surface area contributed by atoms with E-state index in [1.807, 2.05) is 0 Å². The molecule has 1 aliphatic rings. The molecule has 0 radical (unpaired) electrons. The molecular formula is C22H29P. The number of rotatable bonds is 4. The fraction of sp³-hybridized carbons (Fsp3) is 0.455. The van der Waals surface area contributed by atoms with E-state index in [1.54, 1.807) is 10.6 Å². The average Bonchev–Trinajstić information content (AvgIpc) is 2.57. The Morgan fingerprint density at radius 2 is 1.35 bits per heavy atom. The molecule has 0 aromatic heterocycles. The van der Waals surface area contributed by atoms with E-state index in [0.717, 1.165) is 23.4 Å². The molecule has 0 heterocycles. The van der Waals surface area contributed by atoms with Gasteiger partial charge in [-0.1, -0.05) is 94.3 Å². The average molecular weight is 324 g/mol. The van der Waals surface area contributed by atoms with Crippen LogP contribution in [-0.4, -0.2) is 5.66 Å². The molecule has 0 spiro atoms. The predicted octanol–water partition coefficient (Wildman–Crippen LogP) is 5.58. The molecule has 0 bridgehead atoms. The lowest BCUT2D eigenvalue weighted by atomic mass is 9.74. The van der Waals surface area contributed by atoms with Gasteiger partial charge in [0.25, 0.3) is 0 Å². The van der Waals surface area contributed by atoms with Gasteiger partial charge in [0.15, 0.2) is 0 Å². The second-order valence-electron chi connectivity index (χ2n) is 7.34. The summed E-state index contributed by atoms with van der Waals surface area (Å²) >= 11 is 0. The summed E-state index contributed by atoms with van der Waals surface area (Å²) in [6.07, 6.45) is 4.20. The largest absolute Gasteiger partial charge is 0.0625 e. The lowest BCUT2D eigenvalue weighted by molar-refractivity contribution is 0.203. The van der Waals surface area contributed by atoms with Gasteiger partial charge in [0.2, 0.25) is 0 Å². The highest BCUT2D eigenvalue weighted by Crippen LogP contribution is 2.52. The highest BCUT2D eigenvalue weighted by Gasteiger charge is 2.38. The summed E-state index contributed by atoms with van der Waals surface area (Å²) in [7, 11) is -0.267. The van der Waals surface area contributed by atoms with Crippen molar-refractivity contribution in [2.24, 2.45) is 17.8 Å². The van der Waals surface area contributed by atoms with Crippen LogP contribution in [0.1, 0.15) is 40.0 Å². The minimum absolute atomic E-state index is 0.267. The van der Waals surface area contributed by atoms with E-state index in [1.165, 1.54) is 19.3 Å². The third kappa shape index (κ3) is 3.69. The molecule has 0 saturated heterocycles. The van der Waals surface area contributed by atoms with E-state index in [0.29, 0.717) is 0 Å². The van der Waals surface area contributed by atoms with Crippen molar-refractivity contribution in [3.05, 3.63) is 60.7 Å². The van der Waals surface area contributed by atoms with Crippen LogP contribution in [-0.2, 0) is 0 Å². The van der Waals surface area contributed by atoms with E-state index < -0.39 is 0 Å². The third-order valence-electron chi connectivity index (χ3n) is 5.43. The Morgan fingerprint density at radius 3 is 1.83 bits per heavy atom. The zero-order chi connectivity index (χ0) is 16.2. The van der Waals surface area contributed by atoms with E-state index in [-0.39, 0.29) is 7.92 Å². The Balaban J connectivity index is 2.04. The molecule has 1 saturated carbocycles. The zero-order valence-electron chi connectivity index (χ0n) is 14.7. The normalized spacial score (nSPS) is 25.0. The fourth-order valence-corrected chi connectivity index (χ4v) is 8.00. The molecular weight excluding hydrogens is 295 g/mol. The minimum Gasteiger partial charge on any atom is -0.0625 e. The van der Waals surface area contributed by atoms with E-state index in [9.17, 15) is 0 Å². The Kier molecular flexibility index (Phi) is 5.54. The number of benzene rings is 2. The molecule has 0 amide bonds. The summed E-state index contributed by atoms with van der Waals surface area (Å²) in [5.41, 5.74) is 0.818. The summed E-state index contributed by atoms with van der Waals surface area (Å²) in [5, 5.41) is 3.11. The lowest BCUT2D eigenvalue weighted by Crippen LogP contribution is -2.37. The van der Waals surface area contributed by atoms with Crippen molar-refractivity contribution >= 4 is 18.5 Å². The van der Waals surface area contributed by atoms with Gasteiger partial charge in [0.1, 0.15) is 0 Å². The van der Waals surface area contributed by atoms with Gasteiger partial charge >= 0.3 is 0 Å². The van der Waals surface area contributed by atoms with Crippen molar-refractivity contribution in [1.82, 2.24) is 0 Å². The predicted molar refractivity (Wildman–Crippen MR) is 104 cm³/mol. The van der Waals surface area contributed by atoms with Crippen molar-refractivity contribution in [1.29, 1.82) is 0 Å². The van der Waals surface area contributed by atoms with Gasteiger partial charge in [0.05, 0.1) is 0 Å². The molecule has 23 heavy (non-hydrogen) atoms. The van der Waals surface area contributed by atoms with Crippen molar-refractivity contribution in [2.75, 3.05) is 0 Å². The van der Waals surface area contributed by atoms with Gasteiger partial charge in [-0.05, 0) is 48.4 Å². The van der Waals surface area contributed by atoms with Crippen LogP contribution in [0.5, 0.6) is 0 Å². The molecule has 122 valence electrons. The Labute approximate surface area is 143 Å². The molecule has 0 aliphatic heterocycles. The molecule has 0 nitrogen and oxygen atoms in total. The van der Waals surface area contributed by atoms with Crippen LogP contribution in [0, 0.1) is 17.8 Å². The molecule has 0 N–H and O–H groups in total. The highest BCUT2D eigenvalue weighted by molar-refractivity contribution is 7.73.